The first-order chi connectivity index (χ1) is 6.11. The Labute approximate surface area is 100 Å². The van der Waals surface area contributed by atoms with E-state index in [-0.39, 0.29) is 31.2 Å². The molecule has 0 bridgehead atoms. The monoisotopic (exact) mass is 252 g/mol. The van der Waals surface area contributed by atoms with Crippen molar-refractivity contribution in [2.75, 3.05) is 5.73 Å². The van der Waals surface area contributed by atoms with Gasteiger partial charge in [-0.3, -0.25) is 4.79 Å². The van der Waals surface area contributed by atoms with Crippen LogP contribution in [0.5, 0.6) is 0 Å². The van der Waals surface area contributed by atoms with E-state index >= 15 is 0 Å². The molecular weight excluding hydrogens is 239 g/mol. The molecule has 0 fully saturated rings. The van der Waals surface area contributed by atoms with Crippen LogP contribution in [-0.2, 0) is 11.2 Å². The Balaban J connectivity index is 0. The number of hydrogen-bond acceptors (Lipinski definition) is 3. The van der Waals surface area contributed by atoms with Crippen LogP contribution in [0.3, 0.4) is 0 Å². The standard InChI is InChI=1S/C9H12N2O2.2ClH/c10-7-4-2-1-3-6(7)5-8(11)9(12)13;;/h1-4,8H,5,10-11H2,(H,12,13);2*1H/t8-;;/m0../s1. The van der Waals surface area contributed by atoms with Crippen molar-refractivity contribution in [3.63, 3.8) is 0 Å². The number of nitrogens with two attached hydrogens (primary N) is 2. The minimum atomic E-state index is -1.01. The minimum Gasteiger partial charge on any atom is -0.480 e. The molecule has 0 aliphatic heterocycles. The molecule has 0 heterocycles. The number of carboxylic acid groups (broad SMARTS) is 1. The smallest absolute Gasteiger partial charge is 0.320 e. The van der Waals surface area contributed by atoms with Crippen LogP contribution in [0.1, 0.15) is 5.56 Å². The molecule has 86 valence electrons. The van der Waals surface area contributed by atoms with E-state index in [9.17, 15) is 4.79 Å². The van der Waals surface area contributed by atoms with Gasteiger partial charge < -0.3 is 16.6 Å². The molecule has 6 heteroatoms. The number of anilines is 1. The highest BCUT2D eigenvalue weighted by Gasteiger charge is 2.12. The second-order valence-corrected chi connectivity index (χ2v) is 2.85. The maximum absolute atomic E-state index is 10.4. The number of nitrogen functional groups attached to an aromatic ring is 1. The molecule has 0 spiro atoms. The van der Waals surface area contributed by atoms with E-state index in [0.717, 1.165) is 5.56 Å². The van der Waals surface area contributed by atoms with Crippen molar-refractivity contribution in [1.82, 2.24) is 0 Å². The van der Waals surface area contributed by atoms with Gasteiger partial charge in [0.1, 0.15) is 6.04 Å². The fraction of sp³-hybridized carbons (Fsp3) is 0.222. The van der Waals surface area contributed by atoms with Gasteiger partial charge >= 0.3 is 5.97 Å². The molecule has 0 aromatic heterocycles. The van der Waals surface area contributed by atoms with E-state index in [4.69, 9.17) is 16.6 Å². The third-order valence-corrected chi connectivity index (χ3v) is 1.81. The molecule has 1 atom stereocenters. The fourth-order valence-corrected chi connectivity index (χ4v) is 1.04. The number of aliphatic carboxylic acids is 1. The van der Waals surface area contributed by atoms with Gasteiger partial charge in [-0.1, -0.05) is 18.2 Å². The van der Waals surface area contributed by atoms with Crippen LogP contribution in [0, 0.1) is 0 Å². The van der Waals surface area contributed by atoms with Crippen LogP contribution in [-0.4, -0.2) is 17.1 Å². The van der Waals surface area contributed by atoms with Gasteiger partial charge in [0.05, 0.1) is 0 Å². The van der Waals surface area contributed by atoms with Crippen molar-refractivity contribution in [2.45, 2.75) is 12.5 Å². The van der Waals surface area contributed by atoms with Gasteiger partial charge in [-0.25, -0.2) is 0 Å². The average molecular weight is 253 g/mol. The lowest BCUT2D eigenvalue weighted by atomic mass is 10.1. The third kappa shape index (κ3) is 4.88. The zero-order valence-electron chi connectivity index (χ0n) is 7.92. The van der Waals surface area contributed by atoms with Crippen molar-refractivity contribution in [3.8, 4) is 0 Å². The van der Waals surface area contributed by atoms with Crippen LogP contribution in [0.15, 0.2) is 24.3 Å². The van der Waals surface area contributed by atoms with E-state index in [2.05, 4.69) is 0 Å². The second kappa shape index (κ2) is 7.34. The summed E-state index contributed by atoms with van der Waals surface area (Å²) < 4.78 is 0. The van der Waals surface area contributed by atoms with Crippen LogP contribution in [0.4, 0.5) is 5.69 Å². The Kier molecular flexibility index (Phi) is 8.05. The van der Waals surface area contributed by atoms with E-state index in [1.807, 2.05) is 0 Å². The lowest BCUT2D eigenvalue weighted by Crippen LogP contribution is -2.32. The predicted molar refractivity (Wildman–Crippen MR) is 64.7 cm³/mol. The average Bonchev–Trinajstić information content (AvgIpc) is 2.08. The maximum Gasteiger partial charge on any atom is 0.320 e. The molecule has 5 N–H and O–H groups in total. The normalized spacial score (nSPS) is 10.7. The summed E-state index contributed by atoms with van der Waals surface area (Å²) in [6, 6.07) is 6.22. The Bertz CT molecular complexity index is 321. The molecular formula is C9H14Cl2N2O2. The van der Waals surface area contributed by atoms with Gasteiger partial charge in [0, 0.05) is 12.1 Å². The number of halogens is 2. The highest BCUT2D eigenvalue weighted by molar-refractivity contribution is 5.85. The van der Waals surface area contributed by atoms with Gasteiger partial charge in [-0.2, -0.15) is 0 Å². The van der Waals surface area contributed by atoms with Crippen molar-refractivity contribution >= 4 is 36.5 Å². The molecule has 0 unspecified atom stereocenters. The van der Waals surface area contributed by atoms with Gasteiger partial charge in [-0.15, -0.1) is 24.8 Å². The number of carboxylic acids is 1. The van der Waals surface area contributed by atoms with Crippen molar-refractivity contribution in [3.05, 3.63) is 29.8 Å². The summed E-state index contributed by atoms with van der Waals surface area (Å²) in [6.45, 7) is 0. The summed E-state index contributed by atoms with van der Waals surface area (Å²) >= 11 is 0. The molecule has 1 rings (SSSR count). The first-order valence-electron chi connectivity index (χ1n) is 3.93. The zero-order chi connectivity index (χ0) is 9.84. The van der Waals surface area contributed by atoms with Crippen molar-refractivity contribution in [2.24, 2.45) is 5.73 Å². The highest BCUT2D eigenvalue weighted by atomic mass is 35.5. The molecule has 15 heavy (non-hydrogen) atoms. The minimum absolute atomic E-state index is 0. The Hall–Kier alpha value is -0.970. The number of benzene rings is 1. The summed E-state index contributed by atoms with van der Waals surface area (Å²) in [5.74, 6) is -1.01. The maximum atomic E-state index is 10.4. The fourth-order valence-electron chi connectivity index (χ4n) is 1.04. The quantitative estimate of drug-likeness (QED) is 0.703. The van der Waals surface area contributed by atoms with Crippen LogP contribution < -0.4 is 11.5 Å². The van der Waals surface area contributed by atoms with Crippen molar-refractivity contribution < 1.29 is 9.90 Å². The van der Waals surface area contributed by atoms with Gasteiger partial charge in [0.25, 0.3) is 0 Å². The third-order valence-electron chi connectivity index (χ3n) is 1.81. The van der Waals surface area contributed by atoms with Gasteiger partial charge in [0.2, 0.25) is 0 Å². The summed E-state index contributed by atoms with van der Waals surface area (Å²) in [5.41, 5.74) is 12.3. The molecule has 0 aliphatic rings. The SMILES string of the molecule is Cl.Cl.Nc1ccccc1C[C@H](N)C(=O)O. The first-order valence-corrected chi connectivity index (χ1v) is 3.93. The summed E-state index contributed by atoms with van der Waals surface area (Å²) in [7, 11) is 0. The van der Waals surface area contributed by atoms with Crippen LogP contribution in [0.25, 0.3) is 0 Å². The molecule has 0 amide bonds. The lowest BCUT2D eigenvalue weighted by Gasteiger charge is -2.08. The molecule has 4 nitrogen and oxygen atoms in total. The second-order valence-electron chi connectivity index (χ2n) is 2.85. The van der Waals surface area contributed by atoms with E-state index < -0.39 is 12.0 Å². The Morgan fingerprint density at radius 1 is 1.33 bits per heavy atom. The van der Waals surface area contributed by atoms with E-state index in [1.54, 1.807) is 24.3 Å². The number of rotatable bonds is 3. The lowest BCUT2D eigenvalue weighted by molar-refractivity contribution is -0.138. The number of hydrogen-bond donors (Lipinski definition) is 3. The highest BCUT2D eigenvalue weighted by Crippen LogP contribution is 2.11. The molecule has 1 aromatic rings. The van der Waals surface area contributed by atoms with Crippen molar-refractivity contribution in [1.29, 1.82) is 0 Å². The molecule has 1 aromatic carbocycles. The zero-order valence-corrected chi connectivity index (χ0v) is 9.55. The molecule has 0 aliphatic carbocycles. The van der Waals surface area contributed by atoms with Gasteiger partial charge in [-0.05, 0) is 11.6 Å². The van der Waals surface area contributed by atoms with Crippen LogP contribution >= 0.6 is 24.8 Å². The van der Waals surface area contributed by atoms with E-state index in [1.165, 1.54) is 0 Å². The first kappa shape index (κ1) is 16.5. The summed E-state index contributed by atoms with van der Waals surface area (Å²) in [4.78, 5) is 10.4. The predicted octanol–water partition coefficient (Wildman–Crippen LogP) is 1.07. The van der Waals surface area contributed by atoms with Crippen LogP contribution in [0.2, 0.25) is 0 Å². The molecule has 0 saturated heterocycles. The Morgan fingerprint density at radius 3 is 2.33 bits per heavy atom. The molecule has 0 radical (unpaired) electrons. The summed E-state index contributed by atoms with van der Waals surface area (Å²) in [5, 5.41) is 8.57. The topological polar surface area (TPSA) is 89.3 Å². The molecule has 0 saturated carbocycles. The van der Waals surface area contributed by atoms with Gasteiger partial charge in [0.15, 0.2) is 0 Å². The van der Waals surface area contributed by atoms with E-state index in [0.29, 0.717) is 5.69 Å². The summed E-state index contributed by atoms with van der Waals surface area (Å²) in [6.07, 6.45) is 0.266. The number of carbonyl (C=O) groups is 1. The largest absolute Gasteiger partial charge is 0.480 e. The number of para-hydroxylation sites is 1. The Morgan fingerprint density at radius 2 is 1.87 bits per heavy atom.